The molecule has 35 heavy (non-hydrogen) atoms. The maximum Gasteiger partial charge on any atom is 0.162 e. The normalized spacial score (nSPS) is 21.7. The Kier molecular flexibility index (Phi) is 5.83. The van der Waals surface area contributed by atoms with E-state index in [1.54, 1.807) is 7.11 Å². The number of benzene rings is 2. The van der Waals surface area contributed by atoms with Gasteiger partial charge in [0.2, 0.25) is 0 Å². The molecule has 0 amide bonds. The van der Waals surface area contributed by atoms with Crippen LogP contribution in [0.15, 0.2) is 75.5 Å². The van der Waals surface area contributed by atoms with Crippen LogP contribution in [-0.4, -0.2) is 18.7 Å². The second-order valence-electron chi connectivity index (χ2n) is 11.6. The lowest BCUT2D eigenvalue weighted by Gasteiger charge is -2.49. The number of allylic oxidation sites excluding steroid dienone is 4. The molecule has 5 rings (SSSR count). The molecular weight excluding hydrogens is 502 g/mol. The number of hydrogen-bond acceptors (Lipinski definition) is 4. The molecule has 1 heterocycles. The van der Waals surface area contributed by atoms with Crippen LogP contribution in [0.4, 0.5) is 5.69 Å². The van der Waals surface area contributed by atoms with Gasteiger partial charge in [-0.25, -0.2) is 0 Å². The van der Waals surface area contributed by atoms with Crippen LogP contribution < -0.4 is 9.64 Å². The number of ketones is 2. The van der Waals surface area contributed by atoms with Crippen molar-refractivity contribution >= 4 is 33.2 Å². The minimum atomic E-state index is -0.324. The van der Waals surface area contributed by atoms with E-state index < -0.39 is 0 Å². The summed E-state index contributed by atoms with van der Waals surface area (Å²) in [6.45, 7) is 8.65. The van der Waals surface area contributed by atoms with E-state index in [9.17, 15) is 9.59 Å². The molecule has 5 heteroatoms. The van der Waals surface area contributed by atoms with E-state index >= 15 is 0 Å². The van der Waals surface area contributed by atoms with Crippen LogP contribution in [0.3, 0.4) is 0 Å². The molecule has 0 spiro atoms. The number of carbonyl (C=O) groups excluding carboxylic acids is 2. The first-order chi connectivity index (χ1) is 16.5. The quantitative estimate of drug-likeness (QED) is 0.413. The van der Waals surface area contributed by atoms with E-state index in [4.69, 9.17) is 4.74 Å². The maximum absolute atomic E-state index is 13.8. The topological polar surface area (TPSA) is 46.6 Å². The predicted octanol–water partition coefficient (Wildman–Crippen LogP) is 7.35. The zero-order chi connectivity index (χ0) is 25.1. The highest BCUT2D eigenvalue weighted by atomic mass is 79.9. The molecule has 0 bridgehead atoms. The van der Waals surface area contributed by atoms with Crippen LogP contribution in [0, 0.1) is 10.8 Å². The average molecular weight is 534 g/mol. The summed E-state index contributed by atoms with van der Waals surface area (Å²) >= 11 is 3.54. The Labute approximate surface area is 216 Å². The van der Waals surface area contributed by atoms with Gasteiger partial charge < -0.3 is 9.64 Å². The van der Waals surface area contributed by atoms with Gasteiger partial charge in [-0.2, -0.15) is 0 Å². The maximum atomic E-state index is 13.8. The average Bonchev–Trinajstić information content (AvgIpc) is 2.77. The first-order valence-corrected chi connectivity index (χ1v) is 13.0. The number of rotatable bonds is 3. The predicted molar refractivity (Wildman–Crippen MR) is 142 cm³/mol. The summed E-state index contributed by atoms with van der Waals surface area (Å²) in [5, 5.41) is 0. The Hall–Kier alpha value is -2.66. The molecule has 0 saturated carbocycles. The second-order valence-corrected chi connectivity index (χ2v) is 12.5. The summed E-state index contributed by atoms with van der Waals surface area (Å²) in [7, 11) is 1.66. The lowest BCUT2D eigenvalue weighted by atomic mass is 9.63. The van der Waals surface area contributed by atoms with Crippen LogP contribution in [0.1, 0.15) is 64.9 Å². The molecule has 4 nitrogen and oxygen atoms in total. The Balaban J connectivity index is 1.80. The van der Waals surface area contributed by atoms with Crippen molar-refractivity contribution in [1.82, 2.24) is 0 Å². The molecule has 0 unspecified atom stereocenters. The number of hydrogen-bond donors (Lipinski definition) is 0. The van der Waals surface area contributed by atoms with Gasteiger partial charge in [0.05, 0.1) is 7.11 Å². The zero-order valence-electron chi connectivity index (χ0n) is 21.1. The third-order valence-electron chi connectivity index (χ3n) is 7.44. The van der Waals surface area contributed by atoms with Gasteiger partial charge in [-0.05, 0) is 65.6 Å². The Morgan fingerprint density at radius 2 is 1.26 bits per heavy atom. The summed E-state index contributed by atoms with van der Waals surface area (Å²) in [6.07, 6.45) is 2.52. The van der Waals surface area contributed by atoms with E-state index in [2.05, 4.69) is 48.5 Å². The standard InChI is InChI=1S/C30H32BrNO3/c1-29(2)14-22-27(24(33)16-29)26(18-6-8-19(31)9-7-18)28-23(15-30(3,4)17-25(28)34)32(22)20-10-12-21(35-5)13-11-20/h6-13,26H,14-17H2,1-5H3. The van der Waals surface area contributed by atoms with Gasteiger partial charge in [0, 0.05) is 51.5 Å². The number of Topliss-reactive ketones (excluding diaryl/α,β-unsaturated/α-hetero) is 2. The van der Waals surface area contributed by atoms with Gasteiger partial charge in [0.15, 0.2) is 11.6 Å². The van der Waals surface area contributed by atoms with Crippen molar-refractivity contribution in [3.05, 3.63) is 81.1 Å². The Bertz CT molecular complexity index is 1210. The molecule has 0 N–H and O–H groups in total. The van der Waals surface area contributed by atoms with Crippen molar-refractivity contribution in [1.29, 1.82) is 0 Å². The molecular formula is C30H32BrNO3. The number of ether oxygens (including phenoxy) is 1. The highest BCUT2D eigenvalue weighted by molar-refractivity contribution is 9.10. The largest absolute Gasteiger partial charge is 0.497 e. The smallest absolute Gasteiger partial charge is 0.162 e. The minimum Gasteiger partial charge on any atom is -0.497 e. The van der Waals surface area contributed by atoms with Gasteiger partial charge in [0.25, 0.3) is 0 Å². The number of carbonyl (C=O) groups is 2. The molecule has 1 aliphatic heterocycles. The van der Waals surface area contributed by atoms with Crippen molar-refractivity contribution < 1.29 is 14.3 Å². The minimum absolute atomic E-state index is 0.145. The molecule has 2 aromatic rings. The van der Waals surface area contributed by atoms with Crippen LogP contribution in [-0.2, 0) is 9.59 Å². The first kappa shape index (κ1) is 24.1. The second kappa shape index (κ2) is 8.48. The van der Waals surface area contributed by atoms with Crippen molar-refractivity contribution in [2.24, 2.45) is 10.8 Å². The van der Waals surface area contributed by atoms with Crippen LogP contribution in [0.25, 0.3) is 0 Å². The molecule has 2 aromatic carbocycles. The summed E-state index contributed by atoms with van der Waals surface area (Å²) in [4.78, 5) is 29.9. The fourth-order valence-corrected chi connectivity index (χ4v) is 6.26. The van der Waals surface area contributed by atoms with E-state index in [0.717, 1.165) is 56.9 Å². The fourth-order valence-electron chi connectivity index (χ4n) is 6.00. The van der Waals surface area contributed by atoms with E-state index in [-0.39, 0.29) is 28.3 Å². The number of nitrogens with zero attached hydrogens (tertiary/aromatic N) is 1. The van der Waals surface area contributed by atoms with Crippen molar-refractivity contribution in [2.75, 3.05) is 12.0 Å². The zero-order valence-corrected chi connectivity index (χ0v) is 22.7. The summed E-state index contributed by atoms with van der Waals surface area (Å²) in [6, 6.07) is 16.1. The molecule has 0 fully saturated rings. The fraction of sp³-hybridized carbons (Fsp3) is 0.400. The summed E-state index contributed by atoms with van der Waals surface area (Å²) < 4.78 is 6.38. The number of anilines is 1. The molecule has 3 aliphatic rings. The van der Waals surface area contributed by atoms with Gasteiger partial charge in [-0.3, -0.25) is 9.59 Å². The highest BCUT2D eigenvalue weighted by Crippen LogP contribution is 2.55. The number of halogens is 1. The molecule has 0 radical (unpaired) electrons. The highest BCUT2D eigenvalue weighted by Gasteiger charge is 2.49. The molecule has 0 saturated heterocycles. The van der Waals surface area contributed by atoms with Crippen molar-refractivity contribution in [3.8, 4) is 5.75 Å². The van der Waals surface area contributed by atoms with E-state index in [0.29, 0.717) is 12.8 Å². The van der Waals surface area contributed by atoms with E-state index in [1.807, 2.05) is 48.5 Å². The summed E-state index contributed by atoms with van der Waals surface area (Å²) in [5.41, 5.74) is 5.30. The molecule has 0 aromatic heterocycles. The van der Waals surface area contributed by atoms with Crippen LogP contribution >= 0.6 is 15.9 Å². The Morgan fingerprint density at radius 3 is 1.71 bits per heavy atom. The SMILES string of the molecule is COc1ccc(N2C3=C(C(=O)CC(C)(C)C3)C(c3ccc(Br)cc3)C3=C2CC(C)(C)CC3=O)cc1. The molecule has 182 valence electrons. The first-order valence-electron chi connectivity index (χ1n) is 12.2. The Morgan fingerprint density at radius 1 is 0.771 bits per heavy atom. The van der Waals surface area contributed by atoms with Gasteiger partial charge in [-0.1, -0.05) is 55.8 Å². The van der Waals surface area contributed by atoms with Gasteiger partial charge >= 0.3 is 0 Å². The molecule has 2 aliphatic carbocycles. The monoisotopic (exact) mass is 533 g/mol. The third-order valence-corrected chi connectivity index (χ3v) is 7.97. The van der Waals surface area contributed by atoms with Gasteiger partial charge in [-0.15, -0.1) is 0 Å². The third kappa shape index (κ3) is 4.29. The molecule has 0 atom stereocenters. The van der Waals surface area contributed by atoms with Crippen molar-refractivity contribution in [2.45, 2.75) is 59.3 Å². The van der Waals surface area contributed by atoms with Crippen LogP contribution in [0.2, 0.25) is 0 Å². The van der Waals surface area contributed by atoms with E-state index in [1.165, 1.54) is 0 Å². The van der Waals surface area contributed by atoms with Gasteiger partial charge in [0.1, 0.15) is 5.75 Å². The lowest BCUT2D eigenvalue weighted by Crippen LogP contribution is -2.44. The summed E-state index contributed by atoms with van der Waals surface area (Å²) in [5.74, 6) is 0.746. The van der Waals surface area contributed by atoms with Crippen LogP contribution in [0.5, 0.6) is 5.75 Å². The lowest BCUT2D eigenvalue weighted by molar-refractivity contribution is -0.119. The van der Waals surface area contributed by atoms with Crippen molar-refractivity contribution in [3.63, 3.8) is 0 Å². The number of methoxy groups -OCH3 is 1.